The number of nitrogens with two attached hydrogens (primary N) is 1. The number of hydrogen-bond donors (Lipinski definition) is 1. The summed E-state index contributed by atoms with van der Waals surface area (Å²) in [5, 5.41) is 0. The third-order valence-electron chi connectivity index (χ3n) is 4.35. The number of carbonyl (C=O) groups excluding carboxylic acids is 1. The molecule has 0 bridgehead atoms. The van der Waals surface area contributed by atoms with Crippen molar-refractivity contribution >= 4 is 11.7 Å². The summed E-state index contributed by atoms with van der Waals surface area (Å²) in [7, 11) is 1.92. The van der Waals surface area contributed by atoms with Crippen LogP contribution in [-0.2, 0) is 6.54 Å². The summed E-state index contributed by atoms with van der Waals surface area (Å²) in [6, 6.07) is 4.73. The van der Waals surface area contributed by atoms with Crippen LogP contribution in [0.2, 0.25) is 0 Å². The molecule has 0 radical (unpaired) electrons. The van der Waals surface area contributed by atoms with E-state index in [1.165, 1.54) is 6.07 Å². The Bertz CT molecular complexity index is 785. The Morgan fingerprint density at radius 1 is 1.40 bits per heavy atom. The van der Waals surface area contributed by atoms with Gasteiger partial charge in [-0.2, -0.15) is 0 Å². The number of rotatable bonds is 4. The summed E-state index contributed by atoms with van der Waals surface area (Å²) in [6.07, 6.45) is 2.36. The van der Waals surface area contributed by atoms with Gasteiger partial charge in [0.25, 0.3) is 5.91 Å². The first-order chi connectivity index (χ1) is 11.9. The van der Waals surface area contributed by atoms with Gasteiger partial charge in [-0.15, -0.1) is 0 Å². The molecule has 2 aromatic rings. The Morgan fingerprint density at radius 2 is 2.20 bits per heavy atom. The SMILES string of the molecule is CN(Cc1nccc(N)n1)[C@H]1CCN(C(=O)c2ccc(F)cc2F)C1. The quantitative estimate of drug-likeness (QED) is 0.911. The molecule has 1 aromatic carbocycles. The topological polar surface area (TPSA) is 75.4 Å². The van der Waals surface area contributed by atoms with Crippen LogP contribution in [0.3, 0.4) is 0 Å². The summed E-state index contributed by atoms with van der Waals surface area (Å²) in [5.74, 6) is -0.941. The number of aromatic nitrogens is 2. The van der Waals surface area contributed by atoms with E-state index in [2.05, 4.69) is 9.97 Å². The average Bonchev–Trinajstić information content (AvgIpc) is 3.04. The lowest BCUT2D eigenvalue weighted by molar-refractivity contribution is 0.0774. The Labute approximate surface area is 144 Å². The van der Waals surface area contributed by atoms with Crippen LogP contribution >= 0.6 is 0 Å². The van der Waals surface area contributed by atoms with Crippen LogP contribution in [-0.4, -0.2) is 51.9 Å². The summed E-state index contributed by atoms with van der Waals surface area (Å²) in [4.78, 5) is 24.4. The van der Waals surface area contributed by atoms with E-state index < -0.39 is 17.5 Å². The fraction of sp³-hybridized carbons (Fsp3) is 0.353. The number of anilines is 1. The second-order valence-corrected chi connectivity index (χ2v) is 6.13. The molecule has 25 heavy (non-hydrogen) atoms. The molecule has 1 atom stereocenters. The van der Waals surface area contributed by atoms with Gasteiger partial charge in [0.15, 0.2) is 0 Å². The molecule has 3 rings (SSSR count). The lowest BCUT2D eigenvalue weighted by atomic mass is 10.2. The summed E-state index contributed by atoms with van der Waals surface area (Å²) >= 11 is 0. The van der Waals surface area contributed by atoms with E-state index in [1.54, 1.807) is 17.2 Å². The number of hydrogen-bond acceptors (Lipinski definition) is 5. The van der Waals surface area contributed by atoms with Crippen molar-refractivity contribution in [3.05, 3.63) is 53.5 Å². The second-order valence-electron chi connectivity index (χ2n) is 6.13. The van der Waals surface area contributed by atoms with E-state index in [1.807, 2.05) is 11.9 Å². The molecule has 132 valence electrons. The van der Waals surface area contributed by atoms with Crippen molar-refractivity contribution in [3.8, 4) is 0 Å². The van der Waals surface area contributed by atoms with Crippen LogP contribution in [0.5, 0.6) is 0 Å². The predicted molar refractivity (Wildman–Crippen MR) is 88.6 cm³/mol. The number of carbonyl (C=O) groups is 1. The molecule has 2 N–H and O–H groups in total. The first kappa shape index (κ1) is 17.2. The minimum Gasteiger partial charge on any atom is -0.384 e. The molecule has 1 fully saturated rings. The van der Waals surface area contributed by atoms with Crippen molar-refractivity contribution < 1.29 is 13.6 Å². The molecule has 0 saturated carbocycles. The molecule has 1 aromatic heterocycles. The van der Waals surface area contributed by atoms with Crippen LogP contribution in [0.25, 0.3) is 0 Å². The van der Waals surface area contributed by atoms with Gasteiger partial charge in [-0.1, -0.05) is 0 Å². The number of nitrogen functional groups attached to an aromatic ring is 1. The van der Waals surface area contributed by atoms with Gasteiger partial charge in [-0.25, -0.2) is 18.7 Å². The number of nitrogens with zero attached hydrogens (tertiary/aromatic N) is 4. The smallest absolute Gasteiger partial charge is 0.256 e. The molecule has 0 unspecified atom stereocenters. The van der Waals surface area contributed by atoms with Crippen molar-refractivity contribution in [2.45, 2.75) is 19.0 Å². The molecule has 1 amide bonds. The van der Waals surface area contributed by atoms with Gasteiger partial charge in [0, 0.05) is 31.4 Å². The summed E-state index contributed by atoms with van der Waals surface area (Å²) in [5.41, 5.74) is 5.55. The van der Waals surface area contributed by atoms with Crippen molar-refractivity contribution in [3.63, 3.8) is 0 Å². The van der Waals surface area contributed by atoms with Gasteiger partial charge < -0.3 is 10.6 Å². The third kappa shape index (κ3) is 3.90. The Balaban J connectivity index is 1.63. The number of benzene rings is 1. The fourth-order valence-electron chi connectivity index (χ4n) is 2.96. The minimum absolute atomic E-state index is 0.108. The largest absolute Gasteiger partial charge is 0.384 e. The number of amides is 1. The number of likely N-dealkylation sites (tertiary alicyclic amines) is 1. The highest BCUT2D eigenvalue weighted by Gasteiger charge is 2.30. The number of likely N-dealkylation sites (N-methyl/N-ethyl adjacent to an activating group) is 1. The monoisotopic (exact) mass is 347 g/mol. The minimum atomic E-state index is -0.838. The second kappa shape index (κ2) is 7.10. The third-order valence-corrected chi connectivity index (χ3v) is 4.35. The highest BCUT2D eigenvalue weighted by Crippen LogP contribution is 2.20. The summed E-state index contributed by atoms with van der Waals surface area (Å²) < 4.78 is 26.8. The van der Waals surface area contributed by atoms with Crippen LogP contribution in [0.4, 0.5) is 14.6 Å². The molecular formula is C17H19F2N5O. The maximum absolute atomic E-state index is 13.8. The normalized spacial score (nSPS) is 17.3. The van der Waals surface area contributed by atoms with Gasteiger partial charge in [0.2, 0.25) is 0 Å². The summed E-state index contributed by atoms with van der Waals surface area (Å²) in [6.45, 7) is 1.49. The van der Waals surface area contributed by atoms with Gasteiger partial charge in [-0.05, 0) is 31.7 Å². The predicted octanol–water partition coefficient (Wildman–Crippen LogP) is 1.68. The first-order valence-electron chi connectivity index (χ1n) is 7.96. The number of halogens is 2. The molecule has 2 heterocycles. The Kier molecular flexibility index (Phi) is 4.89. The highest BCUT2D eigenvalue weighted by molar-refractivity contribution is 5.94. The molecular weight excluding hydrogens is 328 g/mol. The van der Waals surface area contributed by atoms with Crippen molar-refractivity contribution in [1.29, 1.82) is 0 Å². The van der Waals surface area contributed by atoms with E-state index >= 15 is 0 Å². The van der Waals surface area contributed by atoms with Crippen molar-refractivity contribution in [2.75, 3.05) is 25.9 Å². The maximum atomic E-state index is 13.8. The lowest BCUT2D eigenvalue weighted by Crippen LogP contribution is -2.36. The van der Waals surface area contributed by atoms with Crippen LogP contribution in [0.15, 0.2) is 30.5 Å². The Morgan fingerprint density at radius 3 is 2.92 bits per heavy atom. The van der Waals surface area contributed by atoms with Crippen LogP contribution < -0.4 is 5.73 Å². The van der Waals surface area contributed by atoms with Crippen LogP contribution in [0.1, 0.15) is 22.6 Å². The first-order valence-corrected chi connectivity index (χ1v) is 7.96. The molecule has 1 saturated heterocycles. The van der Waals surface area contributed by atoms with Crippen LogP contribution in [0, 0.1) is 11.6 Å². The van der Waals surface area contributed by atoms with E-state index in [9.17, 15) is 13.6 Å². The highest BCUT2D eigenvalue weighted by atomic mass is 19.1. The average molecular weight is 347 g/mol. The zero-order chi connectivity index (χ0) is 18.0. The van der Waals surface area contributed by atoms with Gasteiger partial charge in [0.1, 0.15) is 23.3 Å². The standard InChI is InChI=1S/C17H19F2N5O/c1-23(10-16-21-6-4-15(20)22-16)12-5-7-24(9-12)17(25)13-3-2-11(18)8-14(13)19/h2-4,6,8,12H,5,7,9-10H2,1H3,(H2,20,21,22)/t12-/m0/s1. The molecule has 6 nitrogen and oxygen atoms in total. The lowest BCUT2D eigenvalue weighted by Gasteiger charge is -2.24. The van der Waals surface area contributed by atoms with Crippen molar-refractivity contribution in [2.24, 2.45) is 0 Å². The van der Waals surface area contributed by atoms with E-state index in [-0.39, 0.29) is 11.6 Å². The zero-order valence-electron chi connectivity index (χ0n) is 13.8. The Hall–Kier alpha value is -2.61. The van der Waals surface area contributed by atoms with Gasteiger partial charge in [0.05, 0.1) is 12.1 Å². The van der Waals surface area contributed by atoms with E-state index in [4.69, 9.17) is 5.73 Å². The zero-order valence-corrected chi connectivity index (χ0v) is 13.8. The van der Waals surface area contributed by atoms with Gasteiger partial charge >= 0.3 is 0 Å². The van der Waals surface area contributed by atoms with Crippen molar-refractivity contribution in [1.82, 2.24) is 19.8 Å². The molecule has 0 aliphatic carbocycles. The molecule has 1 aliphatic heterocycles. The van der Waals surface area contributed by atoms with E-state index in [0.717, 1.165) is 18.6 Å². The fourth-order valence-corrected chi connectivity index (χ4v) is 2.96. The molecule has 8 heteroatoms. The maximum Gasteiger partial charge on any atom is 0.256 e. The van der Waals surface area contributed by atoms with E-state index in [0.29, 0.717) is 31.3 Å². The molecule has 0 spiro atoms. The van der Waals surface area contributed by atoms with Gasteiger partial charge in [-0.3, -0.25) is 9.69 Å². The molecule has 1 aliphatic rings.